The minimum Gasteiger partial charge on any atom is -0.388 e. The summed E-state index contributed by atoms with van der Waals surface area (Å²) < 4.78 is 0. The Morgan fingerprint density at radius 3 is 2.30 bits per heavy atom. The molecule has 1 heterocycles. The highest BCUT2D eigenvalue weighted by atomic mass is 16.2. The number of carbonyl (C=O) groups is 3. The molecule has 0 spiro atoms. The van der Waals surface area contributed by atoms with Crippen LogP contribution in [0.1, 0.15) is 27.6 Å². The van der Waals surface area contributed by atoms with Crippen LogP contribution in [0.2, 0.25) is 0 Å². The average Bonchev–Trinajstić information content (AvgIpc) is 2.56. The molecule has 1 aliphatic heterocycles. The van der Waals surface area contributed by atoms with Crippen LogP contribution in [0.4, 0.5) is 5.69 Å². The number of nitrogens with two attached hydrogens (primary N) is 1. The highest BCUT2D eigenvalue weighted by molar-refractivity contribution is 6.26. The molecular weight excluding hydrogens is 294 g/mol. The van der Waals surface area contributed by atoms with Crippen molar-refractivity contribution in [3.05, 3.63) is 41.5 Å². The van der Waals surface area contributed by atoms with Gasteiger partial charge < -0.3 is 15.8 Å². The Bertz CT molecular complexity index is 749. The van der Waals surface area contributed by atoms with Crippen molar-refractivity contribution in [3.63, 3.8) is 0 Å². The van der Waals surface area contributed by atoms with Gasteiger partial charge in [0.15, 0.2) is 0 Å². The van der Waals surface area contributed by atoms with E-state index in [0.717, 1.165) is 22.7 Å². The molecule has 1 aliphatic rings. The molecule has 3 rings (SSSR count). The Kier molecular flexibility index (Phi) is 5.08. The maximum atomic E-state index is 12.4. The highest BCUT2D eigenvalue weighted by Gasteiger charge is 2.32. The van der Waals surface area contributed by atoms with Gasteiger partial charge in [0.25, 0.3) is 11.8 Å². The Balaban J connectivity index is 0.000000595. The number of benzene rings is 2. The Morgan fingerprint density at radius 2 is 1.74 bits per heavy atom. The first-order valence-corrected chi connectivity index (χ1v) is 7.30. The fourth-order valence-electron chi connectivity index (χ4n) is 2.70. The van der Waals surface area contributed by atoms with Crippen molar-refractivity contribution >= 4 is 34.6 Å². The number of aldehydes is 1. The van der Waals surface area contributed by atoms with Crippen molar-refractivity contribution in [2.45, 2.75) is 6.92 Å². The van der Waals surface area contributed by atoms with Gasteiger partial charge in [0.05, 0.1) is 0 Å². The van der Waals surface area contributed by atoms with Crippen LogP contribution in [0.3, 0.4) is 0 Å². The van der Waals surface area contributed by atoms with E-state index in [1.54, 1.807) is 12.1 Å². The molecule has 23 heavy (non-hydrogen) atoms. The lowest BCUT2D eigenvalue weighted by Crippen LogP contribution is -2.43. The number of hydrogen-bond acceptors (Lipinski definition) is 5. The van der Waals surface area contributed by atoms with Gasteiger partial charge in [-0.1, -0.05) is 12.1 Å². The fourth-order valence-corrected chi connectivity index (χ4v) is 2.70. The van der Waals surface area contributed by atoms with Crippen LogP contribution in [-0.2, 0) is 4.79 Å². The third-order valence-electron chi connectivity index (χ3n) is 3.61. The number of carbonyl (C=O) groups excluding carboxylic acids is 3. The van der Waals surface area contributed by atoms with Crippen LogP contribution < -0.4 is 11.1 Å². The van der Waals surface area contributed by atoms with Gasteiger partial charge in [0.1, 0.15) is 6.29 Å². The molecule has 120 valence electrons. The topological polar surface area (TPSA) is 92.5 Å². The summed E-state index contributed by atoms with van der Waals surface area (Å²) in [5, 5.41) is 4.69. The maximum absolute atomic E-state index is 12.4. The van der Waals surface area contributed by atoms with Crippen molar-refractivity contribution in [2.24, 2.45) is 5.73 Å². The molecule has 0 aromatic heterocycles. The zero-order valence-corrected chi connectivity index (χ0v) is 13.1. The number of nitrogens with zero attached hydrogens (tertiary/aromatic N) is 1. The second-order valence-electron chi connectivity index (χ2n) is 4.93. The molecule has 0 unspecified atom stereocenters. The van der Waals surface area contributed by atoms with Crippen molar-refractivity contribution in [3.8, 4) is 0 Å². The summed E-state index contributed by atoms with van der Waals surface area (Å²) in [4.78, 5) is 34.9. The molecule has 2 aromatic carbocycles. The van der Waals surface area contributed by atoms with E-state index in [9.17, 15) is 9.59 Å². The first-order valence-electron chi connectivity index (χ1n) is 7.30. The van der Waals surface area contributed by atoms with E-state index < -0.39 is 0 Å². The van der Waals surface area contributed by atoms with E-state index >= 15 is 0 Å². The predicted octanol–water partition coefficient (Wildman–Crippen LogP) is 1.64. The molecule has 3 N–H and O–H groups in total. The third kappa shape index (κ3) is 2.80. The number of rotatable bonds is 3. The number of imide groups is 1. The molecule has 2 amide bonds. The Labute approximate surface area is 134 Å². The summed E-state index contributed by atoms with van der Waals surface area (Å²) in [5.74, 6) is -0.543. The van der Waals surface area contributed by atoms with E-state index in [-0.39, 0.29) is 24.9 Å². The first kappa shape index (κ1) is 16.6. The molecule has 0 fully saturated rings. The molecule has 0 saturated carbocycles. The van der Waals surface area contributed by atoms with Crippen molar-refractivity contribution in [2.75, 3.05) is 25.5 Å². The number of hydrogen-bond donors (Lipinski definition) is 2. The second-order valence-corrected chi connectivity index (χ2v) is 4.93. The summed E-state index contributed by atoms with van der Waals surface area (Å²) in [6, 6.07) is 9.11. The van der Waals surface area contributed by atoms with E-state index in [0.29, 0.717) is 11.1 Å². The SMILES string of the molecule is CC=O.CNc1ccc2c3c(cccc13)C(=O)N(CCN)C2=O. The van der Waals surface area contributed by atoms with Crippen LogP contribution >= 0.6 is 0 Å². The van der Waals surface area contributed by atoms with E-state index in [2.05, 4.69) is 5.32 Å². The lowest BCUT2D eigenvalue weighted by molar-refractivity contribution is -0.106. The van der Waals surface area contributed by atoms with Gasteiger partial charge >= 0.3 is 0 Å². The monoisotopic (exact) mass is 313 g/mol. The van der Waals surface area contributed by atoms with Crippen molar-refractivity contribution < 1.29 is 14.4 Å². The van der Waals surface area contributed by atoms with Crippen LogP contribution in [-0.4, -0.2) is 43.1 Å². The number of anilines is 1. The normalized spacial score (nSPS) is 12.7. The van der Waals surface area contributed by atoms with E-state index in [1.165, 1.54) is 11.8 Å². The van der Waals surface area contributed by atoms with Crippen LogP contribution in [0.5, 0.6) is 0 Å². The van der Waals surface area contributed by atoms with E-state index in [4.69, 9.17) is 10.5 Å². The molecule has 6 nitrogen and oxygen atoms in total. The minimum atomic E-state index is -0.271. The summed E-state index contributed by atoms with van der Waals surface area (Å²) in [7, 11) is 1.82. The fraction of sp³-hybridized carbons (Fsp3) is 0.235. The van der Waals surface area contributed by atoms with Gasteiger partial charge in [-0.15, -0.1) is 0 Å². The van der Waals surface area contributed by atoms with Crippen molar-refractivity contribution in [1.82, 2.24) is 4.90 Å². The van der Waals surface area contributed by atoms with Gasteiger partial charge in [0.2, 0.25) is 0 Å². The van der Waals surface area contributed by atoms with Gasteiger partial charge in [-0.25, -0.2) is 0 Å². The standard InChI is InChI=1S/C15H15N3O2.C2H4O/c1-17-12-6-5-11-13-9(12)3-2-4-10(13)14(19)18(8-7-16)15(11)20;1-2-3/h2-6,17H,7-8,16H2,1H3;2H,1H3. The van der Waals surface area contributed by atoms with Gasteiger partial charge in [-0.2, -0.15) is 0 Å². The summed E-state index contributed by atoms with van der Waals surface area (Å²) in [6.07, 6.45) is 0.750. The average molecular weight is 313 g/mol. The predicted molar refractivity (Wildman–Crippen MR) is 89.7 cm³/mol. The Hall–Kier alpha value is -2.73. The lowest BCUT2D eigenvalue weighted by Gasteiger charge is -2.27. The van der Waals surface area contributed by atoms with Gasteiger partial charge in [-0.05, 0) is 25.1 Å². The quantitative estimate of drug-likeness (QED) is 0.664. The zero-order chi connectivity index (χ0) is 17.0. The van der Waals surface area contributed by atoms with Crippen LogP contribution in [0, 0.1) is 0 Å². The van der Waals surface area contributed by atoms with Crippen LogP contribution in [0.25, 0.3) is 10.8 Å². The number of nitrogens with one attached hydrogen (secondary N) is 1. The Morgan fingerprint density at radius 1 is 1.13 bits per heavy atom. The molecule has 0 bridgehead atoms. The first-order chi connectivity index (χ1) is 11.1. The summed E-state index contributed by atoms with van der Waals surface area (Å²) in [6.45, 7) is 1.94. The van der Waals surface area contributed by atoms with Crippen LogP contribution in [0.15, 0.2) is 30.3 Å². The van der Waals surface area contributed by atoms with E-state index in [1.807, 2.05) is 25.2 Å². The summed E-state index contributed by atoms with van der Waals surface area (Å²) in [5.41, 5.74) is 7.51. The third-order valence-corrected chi connectivity index (χ3v) is 3.61. The molecule has 2 aromatic rings. The maximum Gasteiger partial charge on any atom is 0.261 e. The molecule has 0 aliphatic carbocycles. The molecule has 0 radical (unpaired) electrons. The molecule has 0 saturated heterocycles. The van der Waals surface area contributed by atoms with Gasteiger partial charge in [-0.3, -0.25) is 14.5 Å². The smallest absolute Gasteiger partial charge is 0.261 e. The number of amides is 2. The zero-order valence-electron chi connectivity index (χ0n) is 13.1. The lowest BCUT2D eigenvalue weighted by atomic mass is 9.93. The molecule has 0 atom stereocenters. The molecular formula is C17H19N3O3. The van der Waals surface area contributed by atoms with Crippen molar-refractivity contribution in [1.29, 1.82) is 0 Å². The summed E-state index contributed by atoms with van der Waals surface area (Å²) >= 11 is 0. The van der Waals surface area contributed by atoms with Gasteiger partial charge in [0, 0.05) is 47.7 Å². The largest absolute Gasteiger partial charge is 0.388 e. The molecule has 6 heteroatoms. The second kappa shape index (κ2) is 7.02. The highest BCUT2D eigenvalue weighted by Crippen LogP contribution is 2.33. The minimum absolute atomic E-state index is 0.237.